The maximum absolute atomic E-state index is 12.9. The first-order valence-corrected chi connectivity index (χ1v) is 8.43. The third-order valence-corrected chi connectivity index (χ3v) is 4.33. The molecule has 6 heteroatoms. The second kappa shape index (κ2) is 6.68. The van der Waals surface area contributed by atoms with Crippen molar-refractivity contribution in [1.29, 1.82) is 0 Å². The molecule has 0 N–H and O–H groups in total. The summed E-state index contributed by atoms with van der Waals surface area (Å²) in [6.45, 7) is 6.30. The minimum atomic E-state index is -4.44. The van der Waals surface area contributed by atoms with Crippen LogP contribution in [0.25, 0.3) is 16.9 Å². The van der Waals surface area contributed by atoms with Crippen LogP contribution in [0.4, 0.5) is 13.2 Å². The Hall–Kier alpha value is -2.89. The molecule has 1 heterocycles. The molecule has 3 nitrogen and oxygen atoms in total. The Morgan fingerprint density at radius 1 is 0.963 bits per heavy atom. The zero-order valence-corrected chi connectivity index (χ0v) is 15.2. The van der Waals surface area contributed by atoms with Gasteiger partial charge in [-0.15, -0.1) is 0 Å². The highest BCUT2D eigenvalue weighted by molar-refractivity contribution is 5.85. The first kappa shape index (κ1) is 18.9. The lowest BCUT2D eigenvalue weighted by Gasteiger charge is -2.18. The molecule has 0 fully saturated rings. The SMILES string of the molecule is CC(C)(C)c1ccc(-c2nn(-c3cccc(C(F)(F)F)c3)cc2C=O)cc1. The smallest absolute Gasteiger partial charge is 0.298 e. The average molecular weight is 372 g/mol. The number of benzene rings is 2. The van der Waals surface area contributed by atoms with Gasteiger partial charge in [0.1, 0.15) is 5.69 Å². The number of hydrogen-bond acceptors (Lipinski definition) is 2. The van der Waals surface area contributed by atoms with Crippen molar-refractivity contribution in [1.82, 2.24) is 9.78 Å². The number of hydrogen-bond donors (Lipinski definition) is 0. The molecule has 0 saturated heterocycles. The van der Waals surface area contributed by atoms with Crippen LogP contribution in [0.1, 0.15) is 42.3 Å². The van der Waals surface area contributed by atoms with Crippen LogP contribution in [0.5, 0.6) is 0 Å². The number of alkyl halides is 3. The van der Waals surface area contributed by atoms with Crippen LogP contribution in [0.3, 0.4) is 0 Å². The van der Waals surface area contributed by atoms with Gasteiger partial charge in [0.25, 0.3) is 0 Å². The fraction of sp³-hybridized carbons (Fsp3) is 0.238. The number of halogens is 3. The van der Waals surface area contributed by atoms with Gasteiger partial charge in [0.2, 0.25) is 0 Å². The minimum Gasteiger partial charge on any atom is -0.298 e. The number of rotatable bonds is 3. The molecule has 3 rings (SSSR count). The van der Waals surface area contributed by atoms with Crippen LogP contribution in [0, 0.1) is 0 Å². The standard InChI is InChI=1S/C21H19F3N2O/c1-20(2,3)16-9-7-14(8-10-16)19-15(13-27)12-26(25-19)18-6-4-5-17(11-18)21(22,23)24/h4-13H,1-3H3. The Bertz CT molecular complexity index is 964. The van der Waals surface area contributed by atoms with Crippen LogP contribution in [-0.2, 0) is 11.6 Å². The fourth-order valence-corrected chi connectivity index (χ4v) is 2.78. The van der Waals surface area contributed by atoms with E-state index in [9.17, 15) is 18.0 Å². The van der Waals surface area contributed by atoms with Gasteiger partial charge in [0.05, 0.1) is 16.8 Å². The first-order valence-electron chi connectivity index (χ1n) is 8.43. The van der Waals surface area contributed by atoms with E-state index in [-0.39, 0.29) is 11.1 Å². The van der Waals surface area contributed by atoms with E-state index in [2.05, 4.69) is 25.9 Å². The van der Waals surface area contributed by atoms with E-state index >= 15 is 0 Å². The Balaban J connectivity index is 2.03. The van der Waals surface area contributed by atoms with Crippen LogP contribution in [0.2, 0.25) is 0 Å². The van der Waals surface area contributed by atoms with E-state index < -0.39 is 11.7 Å². The monoisotopic (exact) mass is 372 g/mol. The van der Waals surface area contributed by atoms with Gasteiger partial charge in [-0.2, -0.15) is 18.3 Å². The molecule has 0 amide bonds. The quantitative estimate of drug-likeness (QED) is 0.556. The number of aromatic nitrogens is 2. The van der Waals surface area contributed by atoms with Gasteiger partial charge in [-0.3, -0.25) is 4.79 Å². The van der Waals surface area contributed by atoms with Gasteiger partial charge in [0.15, 0.2) is 6.29 Å². The molecular weight excluding hydrogens is 353 g/mol. The second-order valence-electron chi connectivity index (χ2n) is 7.37. The molecule has 2 aromatic carbocycles. The maximum atomic E-state index is 12.9. The summed E-state index contributed by atoms with van der Waals surface area (Å²) < 4.78 is 40.1. The van der Waals surface area contributed by atoms with Crippen LogP contribution in [0.15, 0.2) is 54.7 Å². The number of aldehydes is 1. The van der Waals surface area contributed by atoms with Gasteiger partial charge >= 0.3 is 6.18 Å². The first-order chi connectivity index (χ1) is 12.6. The van der Waals surface area contributed by atoms with Crippen molar-refractivity contribution in [2.24, 2.45) is 0 Å². The van der Waals surface area contributed by atoms with E-state index in [0.717, 1.165) is 23.3 Å². The summed E-state index contributed by atoms with van der Waals surface area (Å²) in [6, 6.07) is 12.5. The van der Waals surface area contributed by atoms with Crippen molar-refractivity contribution < 1.29 is 18.0 Å². The zero-order valence-electron chi connectivity index (χ0n) is 15.2. The molecule has 0 atom stereocenters. The molecule has 1 aromatic heterocycles. The van der Waals surface area contributed by atoms with E-state index in [1.807, 2.05) is 24.3 Å². The molecule has 0 aliphatic carbocycles. The van der Waals surface area contributed by atoms with Crippen molar-refractivity contribution in [3.8, 4) is 16.9 Å². The fourth-order valence-electron chi connectivity index (χ4n) is 2.78. The lowest BCUT2D eigenvalue weighted by Crippen LogP contribution is -2.10. The van der Waals surface area contributed by atoms with Gasteiger partial charge in [-0.05, 0) is 29.2 Å². The molecular formula is C21H19F3N2O. The molecule has 3 aromatic rings. The van der Waals surface area contributed by atoms with Crippen LogP contribution < -0.4 is 0 Å². The van der Waals surface area contributed by atoms with Gasteiger partial charge < -0.3 is 0 Å². The Kier molecular flexibility index (Phi) is 4.68. The number of nitrogens with zero attached hydrogens (tertiary/aromatic N) is 2. The van der Waals surface area contributed by atoms with Gasteiger partial charge in [-0.1, -0.05) is 51.1 Å². The largest absolute Gasteiger partial charge is 0.416 e. The lowest BCUT2D eigenvalue weighted by molar-refractivity contribution is -0.137. The molecule has 0 bridgehead atoms. The van der Waals surface area contributed by atoms with Crippen molar-refractivity contribution in [2.45, 2.75) is 32.4 Å². The molecule has 0 saturated carbocycles. The molecule has 0 aliphatic rings. The van der Waals surface area contributed by atoms with E-state index in [1.165, 1.54) is 23.0 Å². The van der Waals surface area contributed by atoms with Crippen molar-refractivity contribution >= 4 is 6.29 Å². The average Bonchev–Trinajstić information content (AvgIpc) is 3.05. The molecule has 0 aliphatic heterocycles. The summed E-state index contributed by atoms with van der Waals surface area (Å²) >= 11 is 0. The van der Waals surface area contributed by atoms with E-state index in [0.29, 0.717) is 17.5 Å². The summed E-state index contributed by atoms with van der Waals surface area (Å²) in [4.78, 5) is 11.5. The van der Waals surface area contributed by atoms with Crippen molar-refractivity contribution in [3.05, 3.63) is 71.4 Å². The molecule has 140 valence electrons. The highest BCUT2D eigenvalue weighted by atomic mass is 19.4. The lowest BCUT2D eigenvalue weighted by atomic mass is 9.86. The van der Waals surface area contributed by atoms with Gasteiger partial charge in [-0.25, -0.2) is 4.68 Å². The second-order valence-corrected chi connectivity index (χ2v) is 7.37. The predicted molar refractivity (Wildman–Crippen MR) is 98.1 cm³/mol. The molecule has 0 unspecified atom stereocenters. The predicted octanol–water partition coefficient (Wildman–Crippen LogP) is 5.67. The summed E-state index contributed by atoms with van der Waals surface area (Å²) in [7, 11) is 0. The number of carbonyl (C=O) groups is 1. The van der Waals surface area contributed by atoms with E-state index in [1.54, 1.807) is 0 Å². The molecule has 0 spiro atoms. The third-order valence-electron chi connectivity index (χ3n) is 4.33. The van der Waals surface area contributed by atoms with Crippen LogP contribution in [-0.4, -0.2) is 16.1 Å². The highest BCUT2D eigenvalue weighted by Gasteiger charge is 2.30. The van der Waals surface area contributed by atoms with Crippen LogP contribution >= 0.6 is 0 Å². The topological polar surface area (TPSA) is 34.9 Å². The summed E-state index contributed by atoms with van der Waals surface area (Å²) in [6.07, 6.45) is -2.35. The Morgan fingerprint density at radius 3 is 2.19 bits per heavy atom. The summed E-state index contributed by atoms with van der Waals surface area (Å²) in [5.41, 5.74) is 2.08. The summed E-state index contributed by atoms with van der Waals surface area (Å²) in [5.74, 6) is 0. The highest BCUT2D eigenvalue weighted by Crippen LogP contribution is 2.31. The van der Waals surface area contributed by atoms with Crippen molar-refractivity contribution in [3.63, 3.8) is 0 Å². The third kappa shape index (κ3) is 3.94. The Labute approximate surface area is 155 Å². The number of carbonyl (C=O) groups excluding carboxylic acids is 1. The summed E-state index contributed by atoms with van der Waals surface area (Å²) in [5, 5.41) is 4.35. The normalized spacial score (nSPS) is 12.2. The van der Waals surface area contributed by atoms with Gasteiger partial charge in [0, 0.05) is 11.8 Å². The molecule has 27 heavy (non-hydrogen) atoms. The van der Waals surface area contributed by atoms with E-state index in [4.69, 9.17) is 0 Å². The zero-order chi connectivity index (χ0) is 19.8. The minimum absolute atomic E-state index is 0.0105. The maximum Gasteiger partial charge on any atom is 0.416 e. The Morgan fingerprint density at radius 2 is 1.63 bits per heavy atom. The molecule has 0 radical (unpaired) electrons. The van der Waals surface area contributed by atoms with Crippen molar-refractivity contribution in [2.75, 3.05) is 0 Å².